The Labute approximate surface area is 175 Å². The zero-order valence-electron chi connectivity index (χ0n) is 16.0. The molecule has 3 rings (SSSR count). The van der Waals surface area contributed by atoms with Gasteiger partial charge in [-0.3, -0.25) is 10.1 Å². The molecule has 0 radical (unpaired) electrons. The van der Waals surface area contributed by atoms with Crippen molar-refractivity contribution in [3.8, 4) is 5.75 Å². The van der Waals surface area contributed by atoms with Crippen LogP contribution in [0.3, 0.4) is 0 Å². The molecule has 2 aromatic carbocycles. The Morgan fingerprint density at radius 1 is 1.21 bits per heavy atom. The molecule has 3 aromatic rings. The van der Waals surface area contributed by atoms with Crippen LogP contribution < -0.4 is 9.64 Å². The van der Waals surface area contributed by atoms with E-state index in [-0.39, 0.29) is 11.4 Å². The Bertz CT molecular complexity index is 1090. The largest absolute Gasteiger partial charge is 0.472 e. The van der Waals surface area contributed by atoms with Crippen LogP contribution in [0.25, 0.3) is 10.9 Å². The lowest BCUT2D eigenvalue weighted by Crippen LogP contribution is -2.25. The number of ether oxygens (including phenoxy) is 2. The number of carbonyl (C=O) groups excluding carboxylic acids is 1. The van der Waals surface area contributed by atoms with Gasteiger partial charge in [-0.1, -0.05) is 15.9 Å². The van der Waals surface area contributed by atoms with E-state index in [0.29, 0.717) is 11.5 Å². The summed E-state index contributed by atoms with van der Waals surface area (Å²) in [6.07, 6.45) is -0.989. The highest BCUT2D eigenvalue weighted by molar-refractivity contribution is 9.10. The molecule has 150 valence electrons. The van der Waals surface area contributed by atoms with Crippen LogP contribution in [0.1, 0.15) is 6.92 Å². The minimum atomic E-state index is -0.989. The van der Waals surface area contributed by atoms with Crippen LogP contribution in [0.15, 0.2) is 53.0 Å². The zero-order valence-corrected chi connectivity index (χ0v) is 17.5. The van der Waals surface area contributed by atoms with E-state index >= 15 is 0 Å². The molecule has 0 amide bonds. The molecule has 1 aromatic heterocycles. The molecule has 9 heteroatoms. The minimum absolute atomic E-state index is 0.0260. The average Bonchev–Trinajstić information content (AvgIpc) is 2.71. The zero-order chi connectivity index (χ0) is 21.1. The Morgan fingerprint density at radius 3 is 2.66 bits per heavy atom. The number of pyridine rings is 1. The quantitative estimate of drug-likeness (QED) is 0.301. The predicted molar refractivity (Wildman–Crippen MR) is 113 cm³/mol. The Hall–Kier alpha value is -3.20. The lowest BCUT2D eigenvalue weighted by atomic mass is 10.2. The van der Waals surface area contributed by atoms with Gasteiger partial charge in [0.1, 0.15) is 5.82 Å². The number of methoxy groups -OCH3 is 1. The highest BCUT2D eigenvalue weighted by Crippen LogP contribution is 2.34. The van der Waals surface area contributed by atoms with Crippen molar-refractivity contribution >= 4 is 50.0 Å². The van der Waals surface area contributed by atoms with E-state index in [1.54, 1.807) is 18.0 Å². The number of carbonyl (C=O) groups is 1. The summed E-state index contributed by atoms with van der Waals surface area (Å²) in [6, 6.07) is 14.0. The molecule has 0 bridgehead atoms. The van der Waals surface area contributed by atoms with E-state index in [1.165, 1.54) is 26.2 Å². The molecule has 29 heavy (non-hydrogen) atoms. The smallest absolute Gasteiger partial charge is 0.346 e. The Kier molecular flexibility index (Phi) is 5.97. The van der Waals surface area contributed by atoms with E-state index in [9.17, 15) is 14.9 Å². The fraction of sp³-hybridized carbons (Fsp3) is 0.200. The van der Waals surface area contributed by atoms with Crippen molar-refractivity contribution in [2.45, 2.75) is 13.0 Å². The summed E-state index contributed by atoms with van der Waals surface area (Å²) < 4.78 is 11.1. The summed E-state index contributed by atoms with van der Waals surface area (Å²) >= 11 is 3.44. The van der Waals surface area contributed by atoms with Crippen LogP contribution in [0.4, 0.5) is 17.2 Å². The normalized spacial score (nSPS) is 11.7. The first kappa shape index (κ1) is 20.5. The van der Waals surface area contributed by atoms with Gasteiger partial charge in [0.05, 0.1) is 17.5 Å². The van der Waals surface area contributed by atoms with Crippen molar-refractivity contribution in [3.63, 3.8) is 0 Å². The number of halogens is 1. The van der Waals surface area contributed by atoms with Crippen molar-refractivity contribution in [2.24, 2.45) is 0 Å². The maximum absolute atomic E-state index is 11.6. The van der Waals surface area contributed by atoms with Crippen LogP contribution in [0.2, 0.25) is 0 Å². The van der Waals surface area contributed by atoms with Crippen LogP contribution in [-0.4, -0.2) is 36.1 Å². The van der Waals surface area contributed by atoms with E-state index in [4.69, 9.17) is 4.74 Å². The molecule has 0 saturated heterocycles. The van der Waals surface area contributed by atoms with E-state index in [1.807, 2.05) is 30.3 Å². The Balaban J connectivity index is 1.97. The second-order valence-electron chi connectivity index (χ2n) is 6.26. The van der Waals surface area contributed by atoms with Crippen LogP contribution in [0.5, 0.6) is 5.75 Å². The number of fused-ring (bicyclic) bond motifs is 1. The predicted octanol–water partition coefficient (Wildman–Crippen LogP) is 4.61. The maximum Gasteiger partial charge on any atom is 0.346 e. The third kappa shape index (κ3) is 4.45. The number of anilines is 2. The molecule has 0 N–H and O–H groups in total. The van der Waals surface area contributed by atoms with Gasteiger partial charge in [0.15, 0.2) is 11.9 Å². The van der Waals surface area contributed by atoms with Gasteiger partial charge in [-0.05, 0) is 43.3 Å². The van der Waals surface area contributed by atoms with Gasteiger partial charge in [-0.15, -0.1) is 0 Å². The van der Waals surface area contributed by atoms with Crippen molar-refractivity contribution < 1.29 is 19.2 Å². The minimum Gasteiger partial charge on any atom is -0.472 e. The number of nitro groups is 1. The average molecular weight is 460 g/mol. The molecule has 0 fully saturated rings. The summed E-state index contributed by atoms with van der Waals surface area (Å²) in [6.45, 7) is 1.47. The fourth-order valence-corrected chi connectivity index (χ4v) is 3.14. The third-order valence-corrected chi connectivity index (χ3v) is 4.84. The molecule has 0 spiro atoms. The van der Waals surface area contributed by atoms with Gasteiger partial charge in [0.25, 0.3) is 0 Å². The summed E-state index contributed by atoms with van der Waals surface area (Å²) in [4.78, 5) is 28.8. The number of benzene rings is 2. The van der Waals surface area contributed by atoms with E-state index < -0.39 is 17.0 Å². The molecule has 1 heterocycles. The van der Waals surface area contributed by atoms with Gasteiger partial charge < -0.3 is 14.4 Å². The maximum atomic E-state index is 11.6. The van der Waals surface area contributed by atoms with Crippen molar-refractivity contribution in [1.82, 2.24) is 4.98 Å². The number of esters is 1. The number of hydrogen-bond donors (Lipinski definition) is 0. The van der Waals surface area contributed by atoms with E-state index in [2.05, 4.69) is 25.7 Å². The monoisotopic (exact) mass is 459 g/mol. The van der Waals surface area contributed by atoms with Crippen molar-refractivity contribution in [1.29, 1.82) is 0 Å². The number of hydrogen-bond acceptors (Lipinski definition) is 7. The number of nitrogens with zero attached hydrogens (tertiary/aromatic N) is 3. The number of rotatable bonds is 6. The Morgan fingerprint density at radius 2 is 1.97 bits per heavy atom. The lowest BCUT2D eigenvalue weighted by molar-refractivity contribution is -0.386. The van der Waals surface area contributed by atoms with Crippen LogP contribution in [-0.2, 0) is 9.53 Å². The summed E-state index contributed by atoms with van der Waals surface area (Å²) in [5, 5.41) is 12.3. The first-order chi connectivity index (χ1) is 13.8. The number of aromatic nitrogens is 1. The SMILES string of the molecule is COC(=O)C(C)Oc1cc(N(C)c2ccc3cc(Br)ccc3n2)ccc1[N+](=O)[O-]. The summed E-state index contributed by atoms with van der Waals surface area (Å²) in [5.41, 5.74) is 1.19. The van der Waals surface area contributed by atoms with Gasteiger partial charge in [0.2, 0.25) is 0 Å². The molecule has 0 aliphatic carbocycles. The lowest BCUT2D eigenvalue weighted by Gasteiger charge is -2.20. The molecular formula is C20H18BrN3O5. The molecule has 0 aliphatic heterocycles. The van der Waals surface area contributed by atoms with Gasteiger partial charge >= 0.3 is 11.7 Å². The van der Waals surface area contributed by atoms with Gasteiger partial charge in [-0.2, -0.15) is 0 Å². The first-order valence-corrected chi connectivity index (χ1v) is 9.42. The third-order valence-electron chi connectivity index (χ3n) is 4.34. The standard InChI is InChI=1S/C20H18BrN3O5/c1-12(20(25)28-3)29-18-11-15(6-8-17(18)24(26)27)23(2)19-9-4-13-10-14(21)5-7-16(13)22-19/h4-12H,1-3H3. The molecular weight excluding hydrogens is 442 g/mol. The highest BCUT2D eigenvalue weighted by atomic mass is 79.9. The second-order valence-corrected chi connectivity index (χ2v) is 7.17. The van der Waals surface area contributed by atoms with Crippen LogP contribution >= 0.6 is 15.9 Å². The number of nitro benzene ring substituents is 1. The second kappa shape index (κ2) is 8.44. The molecule has 8 nitrogen and oxygen atoms in total. The molecule has 0 saturated carbocycles. The van der Waals surface area contributed by atoms with Crippen molar-refractivity contribution in [2.75, 3.05) is 19.1 Å². The summed E-state index contributed by atoms with van der Waals surface area (Å²) in [7, 11) is 3.02. The molecule has 1 unspecified atom stereocenters. The van der Waals surface area contributed by atoms with E-state index in [0.717, 1.165) is 15.4 Å². The topological polar surface area (TPSA) is 94.8 Å². The first-order valence-electron chi connectivity index (χ1n) is 8.63. The van der Waals surface area contributed by atoms with Gasteiger partial charge in [-0.25, -0.2) is 9.78 Å². The molecule has 0 aliphatic rings. The highest BCUT2D eigenvalue weighted by Gasteiger charge is 2.23. The van der Waals surface area contributed by atoms with Crippen molar-refractivity contribution in [3.05, 3.63) is 63.1 Å². The van der Waals surface area contributed by atoms with Gasteiger partial charge in [0, 0.05) is 34.7 Å². The fourth-order valence-electron chi connectivity index (χ4n) is 2.77. The molecule has 1 atom stereocenters. The summed E-state index contributed by atoms with van der Waals surface area (Å²) in [5.74, 6) is 0.00280. The van der Waals surface area contributed by atoms with Crippen LogP contribution in [0, 0.1) is 10.1 Å².